The molecule has 0 spiro atoms. The van der Waals surface area contributed by atoms with Crippen molar-refractivity contribution in [1.29, 1.82) is 0 Å². The molecule has 0 aromatic heterocycles. The van der Waals surface area contributed by atoms with Crippen LogP contribution in [0.5, 0.6) is 11.5 Å². The van der Waals surface area contributed by atoms with Crippen LogP contribution in [-0.2, 0) is 5.41 Å². The minimum Gasteiger partial charge on any atom is -0.508 e. The fourth-order valence-electron chi connectivity index (χ4n) is 5.56. The number of phenolic OH excluding ortho intramolecular Hbond substituents is 1. The summed E-state index contributed by atoms with van der Waals surface area (Å²) in [5.74, 6) is 3.80. The van der Waals surface area contributed by atoms with Crippen LogP contribution in [0.4, 0.5) is 0 Å². The number of rotatable bonds is 2. The van der Waals surface area contributed by atoms with Crippen molar-refractivity contribution in [3.8, 4) is 11.5 Å². The van der Waals surface area contributed by atoms with E-state index in [1.54, 1.807) is 13.2 Å². The summed E-state index contributed by atoms with van der Waals surface area (Å²) in [6, 6.07) is 3.67. The van der Waals surface area contributed by atoms with Crippen LogP contribution in [0.3, 0.4) is 0 Å². The van der Waals surface area contributed by atoms with Gasteiger partial charge in [-0.25, -0.2) is 0 Å². The number of halogens is 1. The Bertz CT molecular complexity index is 517. The average molecular weight is 337 g/mol. The summed E-state index contributed by atoms with van der Waals surface area (Å²) in [6.07, 6.45) is 8.20. The Morgan fingerprint density at radius 2 is 1.65 bits per heavy atom. The lowest BCUT2D eigenvalue weighted by atomic mass is 9.48. The Labute approximate surface area is 128 Å². The Hall–Kier alpha value is -0.700. The van der Waals surface area contributed by atoms with Crippen molar-refractivity contribution in [2.24, 2.45) is 17.8 Å². The van der Waals surface area contributed by atoms with E-state index in [1.807, 2.05) is 6.07 Å². The van der Waals surface area contributed by atoms with Gasteiger partial charge in [-0.1, -0.05) is 0 Å². The van der Waals surface area contributed by atoms with Gasteiger partial charge in [0, 0.05) is 6.07 Å². The second-order valence-corrected chi connectivity index (χ2v) is 8.00. The highest BCUT2D eigenvalue weighted by molar-refractivity contribution is 9.10. The SMILES string of the molecule is COc1cc(O)cc(C23CC4CC(CC(C4)C2)C3)c1Br. The molecule has 1 N–H and O–H groups in total. The molecule has 0 heterocycles. The molecule has 0 unspecified atom stereocenters. The van der Waals surface area contributed by atoms with Gasteiger partial charge in [0.05, 0.1) is 11.6 Å². The monoisotopic (exact) mass is 336 g/mol. The molecular formula is C17H21BrO2. The highest BCUT2D eigenvalue weighted by Crippen LogP contribution is 2.62. The zero-order chi connectivity index (χ0) is 13.9. The van der Waals surface area contributed by atoms with Gasteiger partial charge < -0.3 is 9.84 Å². The van der Waals surface area contributed by atoms with Gasteiger partial charge in [-0.05, 0) is 89.3 Å². The van der Waals surface area contributed by atoms with Gasteiger partial charge >= 0.3 is 0 Å². The van der Waals surface area contributed by atoms with Crippen molar-refractivity contribution in [1.82, 2.24) is 0 Å². The molecule has 4 bridgehead atoms. The largest absolute Gasteiger partial charge is 0.508 e. The molecular weight excluding hydrogens is 316 g/mol. The second-order valence-electron chi connectivity index (χ2n) is 7.21. The molecule has 0 aliphatic heterocycles. The summed E-state index contributed by atoms with van der Waals surface area (Å²) < 4.78 is 6.48. The molecule has 20 heavy (non-hydrogen) atoms. The van der Waals surface area contributed by atoms with E-state index in [4.69, 9.17) is 4.74 Å². The molecule has 1 aromatic rings. The smallest absolute Gasteiger partial charge is 0.137 e. The van der Waals surface area contributed by atoms with Gasteiger partial charge in [0.1, 0.15) is 11.5 Å². The van der Waals surface area contributed by atoms with Crippen LogP contribution in [0.15, 0.2) is 16.6 Å². The maximum absolute atomic E-state index is 10.1. The van der Waals surface area contributed by atoms with Crippen LogP contribution in [0, 0.1) is 17.8 Å². The topological polar surface area (TPSA) is 29.5 Å². The first-order valence-corrected chi connectivity index (χ1v) is 8.46. The number of ether oxygens (including phenoxy) is 1. The van der Waals surface area contributed by atoms with Crippen molar-refractivity contribution >= 4 is 15.9 Å². The second kappa shape index (κ2) is 4.40. The van der Waals surface area contributed by atoms with Crippen LogP contribution in [-0.4, -0.2) is 12.2 Å². The number of hydrogen-bond donors (Lipinski definition) is 1. The summed E-state index contributed by atoms with van der Waals surface area (Å²) in [5.41, 5.74) is 1.56. The molecule has 4 aliphatic rings. The predicted molar refractivity (Wildman–Crippen MR) is 82.2 cm³/mol. The molecule has 0 radical (unpaired) electrons. The molecule has 4 fully saturated rings. The van der Waals surface area contributed by atoms with Crippen LogP contribution in [0.1, 0.15) is 44.1 Å². The summed E-state index contributed by atoms with van der Waals surface area (Å²) in [5, 5.41) is 10.1. The van der Waals surface area contributed by atoms with E-state index >= 15 is 0 Å². The van der Waals surface area contributed by atoms with Gasteiger partial charge in [0.15, 0.2) is 0 Å². The predicted octanol–water partition coefficient (Wildman–Crippen LogP) is 4.63. The maximum Gasteiger partial charge on any atom is 0.137 e. The Morgan fingerprint density at radius 1 is 1.10 bits per heavy atom. The summed E-state index contributed by atoms with van der Waals surface area (Å²) >= 11 is 3.73. The molecule has 1 aromatic carbocycles. The maximum atomic E-state index is 10.1. The fourth-order valence-corrected chi connectivity index (χ4v) is 6.37. The quantitative estimate of drug-likeness (QED) is 0.852. The molecule has 3 heteroatoms. The Morgan fingerprint density at radius 3 is 2.15 bits per heavy atom. The number of phenols is 1. The van der Waals surface area contributed by atoms with E-state index in [-0.39, 0.29) is 5.41 Å². The molecule has 0 amide bonds. The standard InChI is InChI=1S/C17H21BrO2/c1-20-15-6-13(19)5-14(16(15)18)17-7-10-2-11(8-17)4-12(3-10)9-17/h5-6,10-12,19H,2-4,7-9H2,1H3. The van der Waals surface area contributed by atoms with Gasteiger partial charge in [-0.2, -0.15) is 0 Å². The highest BCUT2D eigenvalue weighted by atomic mass is 79.9. The van der Waals surface area contributed by atoms with E-state index in [2.05, 4.69) is 15.9 Å². The number of methoxy groups -OCH3 is 1. The van der Waals surface area contributed by atoms with Crippen LogP contribution in [0.2, 0.25) is 0 Å². The van der Waals surface area contributed by atoms with Crippen molar-refractivity contribution in [3.05, 3.63) is 22.2 Å². The van der Waals surface area contributed by atoms with E-state index < -0.39 is 0 Å². The molecule has 108 valence electrons. The van der Waals surface area contributed by atoms with Crippen LogP contribution < -0.4 is 4.74 Å². The molecule has 0 atom stereocenters. The van der Waals surface area contributed by atoms with Crippen molar-refractivity contribution in [2.75, 3.05) is 7.11 Å². The van der Waals surface area contributed by atoms with E-state index in [1.165, 1.54) is 44.1 Å². The lowest BCUT2D eigenvalue weighted by molar-refractivity contribution is -0.00570. The third-order valence-electron chi connectivity index (χ3n) is 5.85. The number of hydrogen-bond acceptors (Lipinski definition) is 2. The lowest BCUT2D eigenvalue weighted by Crippen LogP contribution is -2.48. The molecule has 4 aliphatic carbocycles. The van der Waals surface area contributed by atoms with Crippen molar-refractivity contribution < 1.29 is 9.84 Å². The minimum absolute atomic E-state index is 0.277. The minimum atomic E-state index is 0.277. The number of aromatic hydroxyl groups is 1. The first-order valence-electron chi connectivity index (χ1n) is 7.66. The van der Waals surface area contributed by atoms with E-state index in [0.717, 1.165) is 28.0 Å². The van der Waals surface area contributed by atoms with Crippen LogP contribution >= 0.6 is 15.9 Å². The zero-order valence-electron chi connectivity index (χ0n) is 11.9. The normalized spacial score (nSPS) is 38.2. The fraction of sp³-hybridized carbons (Fsp3) is 0.647. The Balaban J connectivity index is 1.82. The van der Waals surface area contributed by atoms with E-state index in [0.29, 0.717) is 5.75 Å². The Kier molecular flexibility index (Phi) is 2.86. The van der Waals surface area contributed by atoms with E-state index in [9.17, 15) is 5.11 Å². The highest BCUT2D eigenvalue weighted by Gasteiger charge is 2.52. The lowest BCUT2D eigenvalue weighted by Gasteiger charge is -2.57. The first kappa shape index (κ1) is 13.0. The first-order chi connectivity index (χ1) is 9.59. The van der Waals surface area contributed by atoms with Crippen LogP contribution in [0.25, 0.3) is 0 Å². The molecule has 2 nitrogen and oxygen atoms in total. The summed E-state index contributed by atoms with van der Waals surface area (Å²) in [7, 11) is 1.67. The van der Waals surface area contributed by atoms with Gasteiger partial charge in [0.25, 0.3) is 0 Å². The van der Waals surface area contributed by atoms with Gasteiger partial charge in [0.2, 0.25) is 0 Å². The van der Waals surface area contributed by atoms with Gasteiger partial charge in [-0.15, -0.1) is 0 Å². The third kappa shape index (κ3) is 1.82. The van der Waals surface area contributed by atoms with Crippen molar-refractivity contribution in [3.63, 3.8) is 0 Å². The molecule has 0 saturated heterocycles. The zero-order valence-corrected chi connectivity index (χ0v) is 13.4. The third-order valence-corrected chi connectivity index (χ3v) is 6.67. The summed E-state index contributed by atoms with van der Waals surface area (Å²) in [6.45, 7) is 0. The molecule has 4 saturated carbocycles. The van der Waals surface area contributed by atoms with Crippen molar-refractivity contribution in [2.45, 2.75) is 43.9 Å². The van der Waals surface area contributed by atoms with Gasteiger partial charge in [-0.3, -0.25) is 0 Å². The number of benzene rings is 1. The average Bonchev–Trinajstić information content (AvgIpc) is 2.39. The molecule has 5 rings (SSSR count). The summed E-state index contributed by atoms with van der Waals surface area (Å²) in [4.78, 5) is 0.